The van der Waals surface area contributed by atoms with Crippen LogP contribution in [0.25, 0.3) is 0 Å². The first-order valence-corrected chi connectivity index (χ1v) is 10.1. The van der Waals surface area contributed by atoms with Gasteiger partial charge in [0, 0.05) is 22.3 Å². The predicted octanol–water partition coefficient (Wildman–Crippen LogP) is 5.25. The third-order valence-electron chi connectivity index (χ3n) is 3.73. The molecule has 1 aromatic heterocycles. The summed E-state index contributed by atoms with van der Waals surface area (Å²) in [6.07, 6.45) is 2.89. The second-order valence-corrected chi connectivity index (χ2v) is 9.14. The second-order valence-electron chi connectivity index (χ2n) is 7.74. The number of hydrogen-bond acceptors (Lipinski definition) is 3. The Bertz CT molecular complexity index is 866. The third-order valence-corrected chi connectivity index (χ3v) is 5.34. The van der Waals surface area contributed by atoms with Gasteiger partial charge < -0.3 is 4.74 Å². The number of carbonyl (C=O) groups excluding carboxylic acids is 1. The topological polar surface area (TPSA) is 43.6 Å². The van der Waals surface area contributed by atoms with Crippen molar-refractivity contribution >= 4 is 29.0 Å². The van der Waals surface area contributed by atoms with E-state index < -0.39 is 12.6 Å². The van der Waals surface area contributed by atoms with Gasteiger partial charge in [0.1, 0.15) is 23.7 Å². The lowest BCUT2D eigenvalue weighted by molar-refractivity contribution is 0.0994. The summed E-state index contributed by atoms with van der Waals surface area (Å²) >= 11 is 7.49. The van der Waals surface area contributed by atoms with Gasteiger partial charge in [-0.3, -0.25) is 8.75 Å². The number of amides is 1. The Morgan fingerprint density at radius 1 is 1.37 bits per heavy atom. The van der Waals surface area contributed by atoms with Gasteiger partial charge in [0.2, 0.25) is 0 Å². The Hall–Kier alpha value is -1.66. The van der Waals surface area contributed by atoms with Crippen molar-refractivity contribution in [3.8, 4) is 5.75 Å². The van der Waals surface area contributed by atoms with Crippen LogP contribution >= 0.6 is 23.1 Å². The van der Waals surface area contributed by atoms with E-state index in [1.165, 1.54) is 17.6 Å². The van der Waals surface area contributed by atoms with E-state index in [0.29, 0.717) is 15.6 Å². The first-order valence-electron chi connectivity index (χ1n) is 8.91. The summed E-state index contributed by atoms with van der Waals surface area (Å²) < 4.78 is 20.6. The van der Waals surface area contributed by atoms with Crippen molar-refractivity contribution in [2.75, 3.05) is 13.3 Å². The van der Waals surface area contributed by atoms with E-state index in [4.69, 9.17) is 16.3 Å². The summed E-state index contributed by atoms with van der Waals surface area (Å²) in [4.78, 5) is 17.2. The lowest BCUT2D eigenvalue weighted by atomic mass is 10.1. The fourth-order valence-electron chi connectivity index (χ4n) is 2.47. The molecule has 0 radical (unpaired) electrons. The summed E-state index contributed by atoms with van der Waals surface area (Å²) in [5.74, 6) is 0.280. The smallest absolute Gasteiger partial charge is 0.282 e. The first-order chi connectivity index (χ1) is 12.6. The maximum absolute atomic E-state index is 12.8. The molecule has 0 aliphatic carbocycles. The van der Waals surface area contributed by atoms with Crippen LogP contribution in [0.4, 0.5) is 4.39 Å². The number of alkyl halides is 1. The maximum Gasteiger partial charge on any atom is 0.282 e. The molecule has 0 aliphatic rings. The molecule has 2 aromatic rings. The molecule has 0 bridgehead atoms. The molecule has 1 aromatic carbocycles. The van der Waals surface area contributed by atoms with Crippen LogP contribution < -0.4 is 9.41 Å². The number of benzene rings is 1. The van der Waals surface area contributed by atoms with Crippen LogP contribution in [0.3, 0.4) is 0 Å². The molecular formula is C20H26ClFN2O2S. The van der Waals surface area contributed by atoms with Crippen molar-refractivity contribution in [2.24, 2.45) is 10.9 Å². The maximum atomic E-state index is 12.8. The lowest BCUT2D eigenvalue weighted by Gasteiger charge is -2.19. The summed E-state index contributed by atoms with van der Waals surface area (Å²) in [5.41, 5.74) is 1.17. The van der Waals surface area contributed by atoms with Gasteiger partial charge in [-0.1, -0.05) is 25.4 Å². The van der Waals surface area contributed by atoms with Crippen LogP contribution in [0.5, 0.6) is 5.75 Å². The molecule has 2 rings (SSSR count). The molecule has 27 heavy (non-hydrogen) atoms. The van der Waals surface area contributed by atoms with E-state index in [1.54, 1.807) is 12.1 Å². The number of halogens is 2. The second kappa shape index (κ2) is 9.02. The molecule has 1 amide bonds. The molecule has 148 valence electrons. The molecule has 0 N–H and O–H groups in total. The van der Waals surface area contributed by atoms with Gasteiger partial charge in [0.25, 0.3) is 5.91 Å². The molecule has 0 unspecified atom stereocenters. The standard InChI is InChI=1S/C20H26ClFN2O2S/c1-13(2)10-14-12-24(20(3,4)5)27-19(14)23-18(25)16-11-15(21)6-7-17(16)26-9-8-22/h6-7,11-13H,8-10H2,1-5H3. The summed E-state index contributed by atoms with van der Waals surface area (Å²) in [6.45, 7) is 9.82. The molecule has 1 heterocycles. The van der Waals surface area contributed by atoms with E-state index in [2.05, 4.69) is 49.8 Å². The number of hydrogen-bond donors (Lipinski definition) is 0. The van der Waals surface area contributed by atoms with E-state index in [-0.39, 0.29) is 23.5 Å². The number of ether oxygens (including phenoxy) is 1. The molecule has 4 nitrogen and oxygen atoms in total. The van der Waals surface area contributed by atoms with E-state index in [1.807, 2.05) is 0 Å². The van der Waals surface area contributed by atoms with Crippen LogP contribution in [0.2, 0.25) is 5.02 Å². The Morgan fingerprint density at radius 3 is 2.67 bits per heavy atom. The molecular weight excluding hydrogens is 387 g/mol. The van der Waals surface area contributed by atoms with E-state index in [0.717, 1.165) is 12.0 Å². The van der Waals surface area contributed by atoms with Crippen molar-refractivity contribution < 1.29 is 13.9 Å². The van der Waals surface area contributed by atoms with Gasteiger partial charge >= 0.3 is 0 Å². The highest BCUT2D eigenvalue weighted by atomic mass is 35.5. The highest BCUT2D eigenvalue weighted by Gasteiger charge is 2.18. The predicted molar refractivity (Wildman–Crippen MR) is 109 cm³/mol. The van der Waals surface area contributed by atoms with Gasteiger partial charge in [-0.25, -0.2) is 4.39 Å². The lowest BCUT2D eigenvalue weighted by Crippen LogP contribution is -2.18. The Balaban J connectivity index is 2.50. The van der Waals surface area contributed by atoms with Gasteiger partial charge in [-0.15, -0.1) is 0 Å². The molecule has 0 aliphatic heterocycles. The number of rotatable bonds is 6. The highest BCUT2D eigenvalue weighted by molar-refractivity contribution is 7.04. The highest BCUT2D eigenvalue weighted by Crippen LogP contribution is 2.24. The van der Waals surface area contributed by atoms with Crippen LogP contribution in [-0.4, -0.2) is 23.1 Å². The minimum absolute atomic E-state index is 0.0985. The van der Waals surface area contributed by atoms with Crippen LogP contribution in [0.15, 0.2) is 29.4 Å². The largest absolute Gasteiger partial charge is 0.490 e. The molecule has 0 saturated carbocycles. The van der Waals surface area contributed by atoms with Crippen LogP contribution in [0.1, 0.15) is 50.5 Å². The molecule has 0 spiro atoms. The summed E-state index contributed by atoms with van der Waals surface area (Å²) in [6, 6.07) is 4.68. The fraction of sp³-hybridized carbons (Fsp3) is 0.500. The quantitative estimate of drug-likeness (QED) is 0.650. The molecule has 0 saturated heterocycles. The van der Waals surface area contributed by atoms with Crippen molar-refractivity contribution in [1.82, 2.24) is 3.96 Å². The monoisotopic (exact) mass is 412 g/mol. The Kier molecular flexibility index (Phi) is 7.23. The zero-order valence-corrected chi connectivity index (χ0v) is 18.0. The van der Waals surface area contributed by atoms with Gasteiger partial charge in [0.15, 0.2) is 0 Å². The van der Waals surface area contributed by atoms with Crippen molar-refractivity contribution in [3.05, 3.63) is 45.2 Å². The van der Waals surface area contributed by atoms with Crippen molar-refractivity contribution in [2.45, 2.75) is 46.6 Å². The molecule has 0 fully saturated rings. The fourth-order valence-corrected chi connectivity index (χ4v) is 3.66. The summed E-state index contributed by atoms with van der Waals surface area (Å²) in [5, 5.41) is 0.402. The van der Waals surface area contributed by atoms with Crippen LogP contribution in [-0.2, 0) is 12.0 Å². The average Bonchev–Trinajstić information content (AvgIpc) is 2.95. The third kappa shape index (κ3) is 5.91. The molecule has 0 atom stereocenters. The van der Waals surface area contributed by atoms with Crippen molar-refractivity contribution in [1.29, 1.82) is 0 Å². The average molecular weight is 413 g/mol. The van der Waals surface area contributed by atoms with Crippen LogP contribution in [0, 0.1) is 5.92 Å². The van der Waals surface area contributed by atoms with Crippen molar-refractivity contribution in [3.63, 3.8) is 0 Å². The number of aromatic nitrogens is 1. The van der Waals surface area contributed by atoms with E-state index in [9.17, 15) is 9.18 Å². The SMILES string of the molecule is CC(C)Cc1cn(C(C)(C)C)sc1=NC(=O)c1cc(Cl)ccc1OCCF. The number of carbonyl (C=O) groups is 1. The normalized spacial score (nSPS) is 12.7. The zero-order valence-electron chi connectivity index (χ0n) is 16.4. The minimum atomic E-state index is -0.636. The Labute approximate surface area is 168 Å². The minimum Gasteiger partial charge on any atom is -0.490 e. The summed E-state index contributed by atoms with van der Waals surface area (Å²) in [7, 11) is 0. The van der Waals surface area contributed by atoms with E-state index >= 15 is 0 Å². The first kappa shape index (κ1) is 21.6. The Morgan fingerprint density at radius 2 is 2.07 bits per heavy atom. The zero-order chi connectivity index (χ0) is 20.2. The molecule has 7 heteroatoms. The number of nitrogens with zero attached hydrogens (tertiary/aromatic N) is 2. The van der Waals surface area contributed by atoms with Gasteiger partial charge in [-0.05, 0) is 62.8 Å². The van der Waals surface area contributed by atoms with Gasteiger partial charge in [-0.2, -0.15) is 4.99 Å². The van der Waals surface area contributed by atoms with Gasteiger partial charge in [0.05, 0.1) is 5.56 Å².